The quantitative estimate of drug-likeness (QED) is 0.276. The minimum absolute atomic E-state index is 0.811. The summed E-state index contributed by atoms with van der Waals surface area (Å²) in [5.74, 6) is 2.64. The van der Waals surface area contributed by atoms with E-state index < -0.39 is 0 Å². The Bertz CT molecular complexity index is 1010. The summed E-state index contributed by atoms with van der Waals surface area (Å²) < 4.78 is 7.71. The summed E-state index contributed by atoms with van der Waals surface area (Å²) in [6.07, 6.45) is 2.15. The van der Waals surface area contributed by atoms with E-state index in [0.29, 0.717) is 0 Å². The zero-order chi connectivity index (χ0) is 19.2. The SMILES string of the molecule is COc1ccccc1-n1c(SCCCc2ccccc2)nnc1-c1cccs1. The van der Waals surface area contributed by atoms with Crippen molar-refractivity contribution in [1.82, 2.24) is 14.8 Å². The van der Waals surface area contributed by atoms with Gasteiger partial charge in [0.15, 0.2) is 11.0 Å². The monoisotopic (exact) mass is 407 g/mol. The van der Waals surface area contributed by atoms with Gasteiger partial charge < -0.3 is 4.74 Å². The van der Waals surface area contributed by atoms with Crippen molar-refractivity contribution in [3.8, 4) is 22.1 Å². The Balaban J connectivity index is 1.59. The predicted octanol–water partition coefficient (Wildman–Crippen LogP) is 5.73. The number of nitrogens with zero attached hydrogens (tertiary/aromatic N) is 3. The van der Waals surface area contributed by atoms with Gasteiger partial charge in [0.1, 0.15) is 5.75 Å². The summed E-state index contributed by atoms with van der Waals surface area (Å²) in [7, 11) is 1.70. The molecule has 6 heteroatoms. The number of thioether (sulfide) groups is 1. The smallest absolute Gasteiger partial charge is 0.196 e. The van der Waals surface area contributed by atoms with Crippen LogP contribution in [0.15, 0.2) is 77.3 Å². The van der Waals surface area contributed by atoms with Gasteiger partial charge in [0.2, 0.25) is 0 Å². The molecule has 0 bridgehead atoms. The van der Waals surface area contributed by atoms with Crippen molar-refractivity contribution >= 4 is 23.1 Å². The van der Waals surface area contributed by atoms with E-state index in [1.54, 1.807) is 30.2 Å². The summed E-state index contributed by atoms with van der Waals surface area (Å²) in [6, 6.07) is 22.7. The number of methoxy groups -OCH3 is 1. The van der Waals surface area contributed by atoms with Gasteiger partial charge in [-0.25, -0.2) is 0 Å². The minimum atomic E-state index is 0.811. The molecule has 28 heavy (non-hydrogen) atoms. The van der Waals surface area contributed by atoms with E-state index in [0.717, 1.165) is 45.9 Å². The fraction of sp³-hybridized carbons (Fsp3) is 0.182. The van der Waals surface area contributed by atoms with E-state index in [1.165, 1.54) is 5.56 Å². The van der Waals surface area contributed by atoms with Crippen molar-refractivity contribution in [3.05, 3.63) is 77.7 Å². The van der Waals surface area contributed by atoms with E-state index in [1.807, 2.05) is 30.3 Å². The summed E-state index contributed by atoms with van der Waals surface area (Å²) in [6.45, 7) is 0. The molecule has 0 atom stereocenters. The lowest BCUT2D eigenvalue weighted by atomic mass is 10.1. The molecular weight excluding hydrogens is 386 g/mol. The van der Waals surface area contributed by atoms with E-state index >= 15 is 0 Å². The molecule has 0 saturated carbocycles. The molecule has 0 radical (unpaired) electrons. The number of benzene rings is 2. The van der Waals surface area contributed by atoms with E-state index in [2.05, 4.69) is 56.5 Å². The van der Waals surface area contributed by atoms with E-state index in [-0.39, 0.29) is 0 Å². The largest absolute Gasteiger partial charge is 0.495 e. The average molecular weight is 408 g/mol. The van der Waals surface area contributed by atoms with Gasteiger partial charge in [0.05, 0.1) is 17.7 Å². The Kier molecular flexibility index (Phi) is 6.09. The third kappa shape index (κ3) is 4.13. The molecule has 0 aliphatic heterocycles. The number of hydrogen-bond acceptors (Lipinski definition) is 5. The Labute approximate surface area is 173 Å². The molecule has 142 valence electrons. The highest BCUT2D eigenvalue weighted by molar-refractivity contribution is 7.99. The third-order valence-corrected chi connectivity index (χ3v) is 6.27. The Morgan fingerprint density at radius 1 is 0.964 bits per heavy atom. The number of aryl methyl sites for hydroxylation is 1. The van der Waals surface area contributed by atoms with Crippen LogP contribution in [0.5, 0.6) is 5.75 Å². The predicted molar refractivity (Wildman–Crippen MR) is 117 cm³/mol. The minimum Gasteiger partial charge on any atom is -0.495 e. The average Bonchev–Trinajstić information content (AvgIpc) is 3.41. The van der Waals surface area contributed by atoms with Crippen LogP contribution in [0.2, 0.25) is 0 Å². The molecule has 0 aliphatic carbocycles. The van der Waals surface area contributed by atoms with Crippen LogP contribution in [0.4, 0.5) is 0 Å². The Morgan fingerprint density at radius 2 is 1.79 bits per heavy atom. The highest BCUT2D eigenvalue weighted by Gasteiger charge is 2.19. The van der Waals surface area contributed by atoms with E-state index in [9.17, 15) is 0 Å². The number of ether oxygens (including phenoxy) is 1. The lowest BCUT2D eigenvalue weighted by molar-refractivity contribution is 0.412. The summed E-state index contributed by atoms with van der Waals surface area (Å²) in [4.78, 5) is 1.09. The second kappa shape index (κ2) is 9.08. The highest BCUT2D eigenvalue weighted by atomic mass is 32.2. The van der Waals surface area contributed by atoms with Crippen molar-refractivity contribution in [2.45, 2.75) is 18.0 Å². The van der Waals surface area contributed by atoms with Crippen LogP contribution < -0.4 is 4.74 Å². The van der Waals surface area contributed by atoms with Crippen molar-refractivity contribution in [2.24, 2.45) is 0 Å². The molecule has 0 aliphatic rings. The molecule has 4 aromatic rings. The number of para-hydroxylation sites is 2. The molecule has 0 N–H and O–H groups in total. The summed E-state index contributed by atoms with van der Waals surface area (Å²) >= 11 is 3.40. The second-order valence-corrected chi connectivity index (χ2v) is 8.24. The topological polar surface area (TPSA) is 39.9 Å². The normalized spacial score (nSPS) is 10.9. The fourth-order valence-corrected chi connectivity index (χ4v) is 4.63. The Morgan fingerprint density at radius 3 is 2.57 bits per heavy atom. The number of hydrogen-bond donors (Lipinski definition) is 0. The van der Waals surface area contributed by atoms with Crippen LogP contribution in [0, 0.1) is 0 Å². The molecular formula is C22H21N3OS2. The van der Waals surface area contributed by atoms with Gasteiger partial charge in [0.25, 0.3) is 0 Å². The van der Waals surface area contributed by atoms with Gasteiger partial charge in [-0.2, -0.15) is 0 Å². The standard InChI is InChI=1S/C22H21N3OS2/c1-26-19-13-6-5-12-18(19)25-21(20-14-8-15-27-20)23-24-22(25)28-16-7-11-17-9-3-2-4-10-17/h2-6,8-10,12-15H,7,11,16H2,1H3. The zero-order valence-corrected chi connectivity index (χ0v) is 17.2. The van der Waals surface area contributed by atoms with Crippen LogP contribution in [-0.4, -0.2) is 27.6 Å². The molecule has 0 fully saturated rings. The van der Waals surface area contributed by atoms with Crippen LogP contribution in [0.3, 0.4) is 0 Å². The first kappa shape index (κ1) is 18.8. The summed E-state index contributed by atoms with van der Waals surface area (Å²) in [5, 5.41) is 11.9. The second-order valence-electron chi connectivity index (χ2n) is 6.23. The van der Waals surface area contributed by atoms with Gasteiger partial charge in [-0.1, -0.05) is 60.3 Å². The molecule has 2 aromatic carbocycles. The maximum Gasteiger partial charge on any atom is 0.196 e. The molecule has 0 amide bonds. The van der Waals surface area contributed by atoms with Crippen LogP contribution in [0.1, 0.15) is 12.0 Å². The van der Waals surface area contributed by atoms with Crippen molar-refractivity contribution in [3.63, 3.8) is 0 Å². The fourth-order valence-electron chi connectivity index (χ4n) is 3.04. The van der Waals surface area contributed by atoms with Gasteiger partial charge in [0, 0.05) is 5.75 Å². The highest BCUT2D eigenvalue weighted by Crippen LogP contribution is 2.34. The molecule has 4 rings (SSSR count). The molecule has 4 nitrogen and oxygen atoms in total. The van der Waals surface area contributed by atoms with Crippen molar-refractivity contribution in [2.75, 3.05) is 12.9 Å². The zero-order valence-electron chi connectivity index (χ0n) is 15.6. The van der Waals surface area contributed by atoms with Gasteiger partial charge in [-0.15, -0.1) is 21.5 Å². The molecule has 0 unspecified atom stereocenters. The van der Waals surface area contributed by atoms with Crippen molar-refractivity contribution < 1.29 is 4.74 Å². The molecule has 0 saturated heterocycles. The lowest BCUT2D eigenvalue weighted by Crippen LogP contribution is -2.02. The first-order chi connectivity index (χ1) is 13.9. The van der Waals surface area contributed by atoms with Crippen LogP contribution in [0.25, 0.3) is 16.4 Å². The first-order valence-electron chi connectivity index (χ1n) is 9.16. The molecule has 2 aromatic heterocycles. The van der Waals surface area contributed by atoms with E-state index in [4.69, 9.17) is 4.74 Å². The van der Waals surface area contributed by atoms with Gasteiger partial charge in [-0.3, -0.25) is 4.57 Å². The Hall–Kier alpha value is -2.57. The number of rotatable bonds is 8. The van der Waals surface area contributed by atoms with Gasteiger partial charge in [-0.05, 0) is 42.0 Å². The van der Waals surface area contributed by atoms with Crippen LogP contribution in [-0.2, 0) is 6.42 Å². The number of aromatic nitrogens is 3. The molecule has 0 spiro atoms. The van der Waals surface area contributed by atoms with Crippen LogP contribution >= 0.6 is 23.1 Å². The lowest BCUT2D eigenvalue weighted by Gasteiger charge is -2.13. The van der Waals surface area contributed by atoms with Crippen molar-refractivity contribution in [1.29, 1.82) is 0 Å². The summed E-state index contributed by atoms with van der Waals surface area (Å²) in [5.41, 5.74) is 2.33. The molecule has 2 heterocycles. The third-order valence-electron chi connectivity index (χ3n) is 4.38. The first-order valence-corrected chi connectivity index (χ1v) is 11.0. The number of thiophene rings is 1. The van der Waals surface area contributed by atoms with Gasteiger partial charge >= 0.3 is 0 Å². The maximum atomic E-state index is 5.60. The maximum absolute atomic E-state index is 5.60.